The van der Waals surface area contributed by atoms with Crippen molar-refractivity contribution in [3.63, 3.8) is 0 Å². The molecule has 0 aromatic heterocycles. The molecule has 0 radical (unpaired) electrons. The number of carbonyl (C=O) groups is 1. The molecule has 26 heavy (non-hydrogen) atoms. The Hall–Kier alpha value is -1.35. The van der Waals surface area contributed by atoms with Crippen molar-refractivity contribution in [3.8, 4) is 5.75 Å². The second-order valence-electron chi connectivity index (χ2n) is 9.46. The lowest BCUT2D eigenvalue weighted by Crippen LogP contribution is -2.65. The van der Waals surface area contributed by atoms with E-state index in [9.17, 15) is 4.79 Å². The normalized spacial score (nSPS) is 39.3. The van der Waals surface area contributed by atoms with Crippen molar-refractivity contribution < 1.29 is 9.53 Å². The third-order valence-electron chi connectivity index (χ3n) is 8.19. The molecule has 2 bridgehead atoms. The third-order valence-corrected chi connectivity index (χ3v) is 8.19. The minimum absolute atomic E-state index is 0.0376. The van der Waals surface area contributed by atoms with Crippen molar-refractivity contribution in [2.24, 2.45) is 23.7 Å². The molecule has 1 aromatic carbocycles. The lowest BCUT2D eigenvalue weighted by atomic mass is 9.47. The van der Waals surface area contributed by atoms with Gasteiger partial charge in [-0.3, -0.25) is 9.69 Å². The summed E-state index contributed by atoms with van der Waals surface area (Å²) >= 11 is 0. The summed E-state index contributed by atoms with van der Waals surface area (Å²) in [6.07, 6.45) is 5.83. The molecule has 3 nitrogen and oxygen atoms in total. The van der Waals surface area contributed by atoms with Crippen LogP contribution in [0.2, 0.25) is 0 Å². The number of Topliss-reactive ketones (excluding diaryl/α,β-unsaturated/α-hetero) is 1. The lowest BCUT2D eigenvalue weighted by molar-refractivity contribution is -0.138. The Morgan fingerprint density at radius 2 is 2.08 bits per heavy atom. The molecule has 2 saturated carbocycles. The Balaban J connectivity index is 1.63. The molecular formula is C23H31NO2. The molecule has 1 saturated heterocycles. The first-order chi connectivity index (χ1) is 12.5. The van der Waals surface area contributed by atoms with E-state index in [1.54, 1.807) is 7.11 Å². The summed E-state index contributed by atoms with van der Waals surface area (Å²) in [5.74, 6) is 3.60. The summed E-state index contributed by atoms with van der Waals surface area (Å²) in [6, 6.07) is 7.24. The average molecular weight is 354 g/mol. The van der Waals surface area contributed by atoms with Crippen LogP contribution in [0.1, 0.15) is 50.7 Å². The number of ether oxygens (including phenoxy) is 1. The van der Waals surface area contributed by atoms with E-state index in [2.05, 4.69) is 36.9 Å². The van der Waals surface area contributed by atoms with Gasteiger partial charge in [-0.25, -0.2) is 0 Å². The Morgan fingerprint density at radius 3 is 2.81 bits per heavy atom. The van der Waals surface area contributed by atoms with Crippen molar-refractivity contribution in [3.05, 3.63) is 29.3 Å². The van der Waals surface area contributed by atoms with Crippen LogP contribution in [0, 0.1) is 23.7 Å². The predicted octanol–water partition coefficient (Wildman–Crippen LogP) is 3.83. The van der Waals surface area contributed by atoms with Crippen LogP contribution in [0.5, 0.6) is 5.75 Å². The molecule has 3 aliphatic carbocycles. The molecular weight excluding hydrogens is 322 g/mol. The maximum atomic E-state index is 12.9. The zero-order valence-corrected chi connectivity index (χ0v) is 16.3. The number of likely N-dealkylation sites (tertiary alicyclic amines) is 1. The molecule has 5 rings (SSSR count). The molecule has 1 heterocycles. The number of nitrogens with zero attached hydrogens (tertiary/aromatic N) is 1. The van der Waals surface area contributed by atoms with Gasteiger partial charge in [0.1, 0.15) is 11.5 Å². The molecule has 2 unspecified atom stereocenters. The van der Waals surface area contributed by atoms with Crippen LogP contribution in [0.4, 0.5) is 0 Å². The third kappa shape index (κ3) is 2.32. The summed E-state index contributed by atoms with van der Waals surface area (Å²) in [5, 5.41) is 0. The second-order valence-corrected chi connectivity index (χ2v) is 9.46. The van der Waals surface area contributed by atoms with Crippen molar-refractivity contribution in [2.75, 3.05) is 20.2 Å². The standard InChI is InChI=1S/C23H31NO2/c1-14-15(2)22-20-10-17-6-7-18(26-3)11-19(17)23(22,12-21(14)25)8-9-24(20)13-16-4-5-16/h6-7,11,14-16,20,22H,4-5,8-10,12-13H2,1-3H3/t14-,15-,20?,22-,23?/m1/s1. The van der Waals surface area contributed by atoms with Crippen LogP contribution in [-0.4, -0.2) is 36.9 Å². The summed E-state index contributed by atoms with van der Waals surface area (Å²) in [5.41, 5.74) is 2.92. The van der Waals surface area contributed by atoms with Crippen LogP contribution in [0.25, 0.3) is 0 Å². The molecule has 140 valence electrons. The summed E-state index contributed by atoms with van der Waals surface area (Å²) in [6.45, 7) is 6.95. The SMILES string of the molecule is COc1ccc2c(c1)C13CCN(CC4CC4)C(C2)[C@H]1[C@H](C)[C@@H](C)C(=O)C3. The average Bonchev–Trinajstić information content (AvgIpc) is 3.46. The number of carbonyl (C=O) groups excluding carboxylic acids is 1. The number of ketones is 1. The van der Waals surface area contributed by atoms with Gasteiger partial charge in [0.15, 0.2) is 0 Å². The van der Waals surface area contributed by atoms with Gasteiger partial charge >= 0.3 is 0 Å². The lowest BCUT2D eigenvalue weighted by Gasteiger charge is -2.61. The van der Waals surface area contributed by atoms with Crippen molar-refractivity contribution in [2.45, 2.75) is 57.4 Å². The van der Waals surface area contributed by atoms with E-state index in [-0.39, 0.29) is 11.3 Å². The Labute approximate surface area is 157 Å². The van der Waals surface area contributed by atoms with Gasteiger partial charge in [-0.15, -0.1) is 0 Å². The van der Waals surface area contributed by atoms with E-state index in [1.807, 2.05) is 0 Å². The predicted molar refractivity (Wildman–Crippen MR) is 103 cm³/mol. The van der Waals surface area contributed by atoms with Crippen LogP contribution >= 0.6 is 0 Å². The van der Waals surface area contributed by atoms with E-state index in [0.29, 0.717) is 23.7 Å². The highest BCUT2D eigenvalue weighted by atomic mass is 16.5. The minimum atomic E-state index is 0.0376. The van der Waals surface area contributed by atoms with E-state index in [0.717, 1.165) is 37.5 Å². The molecule has 1 aromatic rings. The number of benzene rings is 1. The van der Waals surface area contributed by atoms with Crippen LogP contribution in [0.3, 0.4) is 0 Å². The summed E-state index contributed by atoms with van der Waals surface area (Å²) < 4.78 is 5.56. The Bertz CT molecular complexity index is 740. The van der Waals surface area contributed by atoms with Crippen LogP contribution < -0.4 is 4.74 Å². The fraction of sp³-hybridized carbons (Fsp3) is 0.696. The number of methoxy groups -OCH3 is 1. The van der Waals surface area contributed by atoms with Gasteiger partial charge in [0.25, 0.3) is 0 Å². The molecule has 3 fully saturated rings. The smallest absolute Gasteiger partial charge is 0.136 e. The number of piperidine rings is 1. The van der Waals surface area contributed by atoms with E-state index < -0.39 is 0 Å². The van der Waals surface area contributed by atoms with Gasteiger partial charge in [-0.05, 0) is 73.2 Å². The van der Waals surface area contributed by atoms with Crippen molar-refractivity contribution in [1.82, 2.24) is 4.90 Å². The van der Waals surface area contributed by atoms with Gasteiger partial charge in [-0.2, -0.15) is 0 Å². The molecule has 5 atom stereocenters. The summed E-state index contributed by atoms with van der Waals surface area (Å²) in [4.78, 5) is 15.7. The monoisotopic (exact) mass is 353 g/mol. The largest absolute Gasteiger partial charge is 0.497 e. The van der Waals surface area contributed by atoms with Crippen molar-refractivity contribution >= 4 is 5.78 Å². The topological polar surface area (TPSA) is 29.5 Å². The number of hydrogen-bond acceptors (Lipinski definition) is 3. The molecule has 1 aliphatic heterocycles. The first kappa shape index (κ1) is 16.8. The second kappa shape index (κ2) is 5.82. The zero-order valence-electron chi connectivity index (χ0n) is 16.3. The minimum Gasteiger partial charge on any atom is -0.497 e. The molecule has 3 heteroatoms. The highest BCUT2D eigenvalue weighted by Crippen LogP contribution is 2.58. The molecule has 0 amide bonds. The first-order valence-electron chi connectivity index (χ1n) is 10.5. The zero-order chi connectivity index (χ0) is 18.1. The fourth-order valence-corrected chi connectivity index (χ4v) is 6.48. The van der Waals surface area contributed by atoms with Crippen molar-refractivity contribution in [1.29, 1.82) is 0 Å². The highest BCUT2D eigenvalue weighted by Gasteiger charge is 2.59. The van der Waals surface area contributed by atoms with Gasteiger partial charge < -0.3 is 4.74 Å². The Morgan fingerprint density at radius 1 is 1.27 bits per heavy atom. The van der Waals surface area contributed by atoms with E-state index in [1.165, 1.54) is 30.5 Å². The number of rotatable bonds is 3. The van der Waals surface area contributed by atoms with Gasteiger partial charge in [-0.1, -0.05) is 19.9 Å². The first-order valence-corrected chi connectivity index (χ1v) is 10.5. The van der Waals surface area contributed by atoms with Gasteiger partial charge in [0.2, 0.25) is 0 Å². The molecule has 4 aliphatic rings. The number of fused-ring (bicyclic) bond motifs is 1. The van der Waals surface area contributed by atoms with E-state index in [4.69, 9.17) is 4.74 Å². The van der Waals surface area contributed by atoms with Gasteiger partial charge in [0.05, 0.1) is 7.11 Å². The molecule has 0 N–H and O–H groups in total. The molecule has 0 spiro atoms. The van der Waals surface area contributed by atoms with E-state index >= 15 is 0 Å². The quantitative estimate of drug-likeness (QED) is 0.827. The fourth-order valence-electron chi connectivity index (χ4n) is 6.48. The maximum absolute atomic E-state index is 12.9. The maximum Gasteiger partial charge on any atom is 0.136 e. The van der Waals surface area contributed by atoms with Crippen LogP contribution in [0.15, 0.2) is 18.2 Å². The highest BCUT2D eigenvalue weighted by molar-refractivity contribution is 5.84. The Kier molecular flexibility index (Phi) is 3.76. The van der Waals surface area contributed by atoms with Crippen LogP contribution in [-0.2, 0) is 16.6 Å². The van der Waals surface area contributed by atoms with Gasteiger partial charge in [0, 0.05) is 30.3 Å². The number of hydrogen-bond donors (Lipinski definition) is 0. The summed E-state index contributed by atoms with van der Waals surface area (Å²) in [7, 11) is 1.75.